The third-order valence-corrected chi connectivity index (χ3v) is 4.48. The number of carbonyl (C=O) groups excluding carboxylic acids is 2. The Morgan fingerprint density at radius 3 is 2.82 bits per heavy atom. The Kier molecular flexibility index (Phi) is 6.01. The van der Waals surface area contributed by atoms with E-state index in [-0.39, 0.29) is 18.0 Å². The van der Waals surface area contributed by atoms with E-state index < -0.39 is 5.60 Å². The molecule has 0 radical (unpaired) electrons. The molecule has 0 aromatic carbocycles. The SMILES string of the molecule is CC(C)(C)OC(=O)N1CCN2C(NCCNC(=O)c3cccnc3)=NCC2C1. The molecule has 0 saturated carbocycles. The lowest BCUT2D eigenvalue weighted by molar-refractivity contribution is 0.0137. The lowest BCUT2D eigenvalue weighted by Crippen LogP contribution is -2.57. The van der Waals surface area contributed by atoms with E-state index in [2.05, 4.69) is 25.5 Å². The molecule has 1 saturated heterocycles. The molecule has 9 heteroatoms. The Hall–Kier alpha value is -2.84. The fourth-order valence-corrected chi connectivity index (χ4v) is 3.17. The number of carbonyl (C=O) groups is 2. The maximum absolute atomic E-state index is 12.3. The van der Waals surface area contributed by atoms with Crippen molar-refractivity contribution >= 4 is 18.0 Å². The van der Waals surface area contributed by atoms with Gasteiger partial charge in [-0.25, -0.2) is 4.79 Å². The number of hydrogen-bond acceptors (Lipinski definition) is 7. The number of nitrogens with zero attached hydrogens (tertiary/aromatic N) is 4. The van der Waals surface area contributed by atoms with E-state index in [1.807, 2.05) is 20.8 Å². The van der Waals surface area contributed by atoms with Crippen LogP contribution in [-0.2, 0) is 4.74 Å². The monoisotopic (exact) mass is 388 g/mol. The first kappa shape index (κ1) is 19.9. The van der Waals surface area contributed by atoms with Crippen molar-refractivity contribution in [1.82, 2.24) is 25.4 Å². The molecule has 1 atom stereocenters. The van der Waals surface area contributed by atoms with E-state index in [9.17, 15) is 9.59 Å². The first-order valence-electron chi connectivity index (χ1n) is 9.54. The minimum Gasteiger partial charge on any atom is -0.444 e. The van der Waals surface area contributed by atoms with Crippen molar-refractivity contribution in [3.8, 4) is 0 Å². The number of aromatic nitrogens is 1. The fraction of sp³-hybridized carbons (Fsp3) is 0.579. The zero-order valence-electron chi connectivity index (χ0n) is 16.6. The molecular weight excluding hydrogens is 360 g/mol. The molecule has 152 valence electrons. The number of rotatable bonds is 4. The third-order valence-electron chi connectivity index (χ3n) is 4.48. The number of amides is 2. The van der Waals surface area contributed by atoms with Gasteiger partial charge in [-0.15, -0.1) is 0 Å². The molecule has 2 N–H and O–H groups in total. The topological polar surface area (TPSA) is 99.2 Å². The highest BCUT2D eigenvalue weighted by atomic mass is 16.6. The van der Waals surface area contributed by atoms with Crippen LogP contribution < -0.4 is 10.6 Å². The summed E-state index contributed by atoms with van der Waals surface area (Å²) in [4.78, 5) is 36.7. The predicted molar refractivity (Wildman–Crippen MR) is 105 cm³/mol. The molecule has 0 spiro atoms. The van der Waals surface area contributed by atoms with Gasteiger partial charge in [0, 0.05) is 45.1 Å². The van der Waals surface area contributed by atoms with Crippen molar-refractivity contribution < 1.29 is 14.3 Å². The number of guanidine groups is 1. The van der Waals surface area contributed by atoms with Crippen LogP contribution in [0.25, 0.3) is 0 Å². The molecule has 2 amide bonds. The van der Waals surface area contributed by atoms with E-state index in [4.69, 9.17) is 4.74 Å². The van der Waals surface area contributed by atoms with Crippen molar-refractivity contribution in [1.29, 1.82) is 0 Å². The summed E-state index contributed by atoms with van der Waals surface area (Å²) in [6.07, 6.45) is 2.90. The lowest BCUT2D eigenvalue weighted by atomic mass is 10.2. The summed E-state index contributed by atoms with van der Waals surface area (Å²) < 4.78 is 5.46. The quantitative estimate of drug-likeness (QED) is 0.737. The van der Waals surface area contributed by atoms with Crippen LogP contribution in [0.15, 0.2) is 29.5 Å². The summed E-state index contributed by atoms with van der Waals surface area (Å²) in [7, 11) is 0. The molecular formula is C19H28N6O3. The molecule has 3 rings (SSSR count). The van der Waals surface area contributed by atoms with Crippen LogP contribution in [0.2, 0.25) is 0 Å². The molecule has 1 aromatic rings. The Morgan fingerprint density at radius 2 is 2.11 bits per heavy atom. The minimum atomic E-state index is -0.493. The van der Waals surface area contributed by atoms with Crippen LogP contribution in [0.4, 0.5) is 4.79 Å². The van der Waals surface area contributed by atoms with Gasteiger partial charge in [-0.05, 0) is 32.9 Å². The molecule has 9 nitrogen and oxygen atoms in total. The molecule has 1 aromatic heterocycles. The molecule has 0 bridgehead atoms. The number of hydrogen-bond donors (Lipinski definition) is 2. The normalized spacial score (nSPS) is 19.0. The average molecular weight is 388 g/mol. The minimum absolute atomic E-state index is 0.146. The van der Waals surface area contributed by atoms with Crippen LogP contribution >= 0.6 is 0 Å². The van der Waals surface area contributed by atoms with Gasteiger partial charge in [0.1, 0.15) is 5.60 Å². The van der Waals surface area contributed by atoms with Gasteiger partial charge in [0.25, 0.3) is 5.91 Å². The van der Waals surface area contributed by atoms with Crippen molar-refractivity contribution in [2.45, 2.75) is 32.4 Å². The zero-order valence-corrected chi connectivity index (χ0v) is 16.6. The van der Waals surface area contributed by atoms with Gasteiger partial charge >= 0.3 is 6.09 Å². The van der Waals surface area contributed by atoms with Gasteiger partial charge in [0.15, 0.2) is 5.96 Å². The molecule has 1 unspecified atom stereocenters. The Morgan fingerprint density at radius 1 is 1.29 bits per heavy atom. The molecule has 28 heavy (non-hydrogen) atoms. The summed E-state index contributed by atoms with van der Waals surface area (Å²) in [6.45, 7) is 9.21. The van der Waals surface area contributed by atoms with Crippen molar-refractivity contribution in [2.75, 3.05) is 39.3 Å². The first-order chi connectivity index (χ1) is 13.3. The summed E-state index contributed by atoms with van der Waals surface area (Å²) >= 11 is 0. The van der Waals surface area contributed by atoms with Crippen LogP contribution in [0.1, 0.15) is 31.1 Å². The highest BCUT2D eigenvalue weighted by Crippen LogP contribution is 2.18. The number of fused-ring (bicyclic) bond motifs is 1. The van der Waals surface area contributed by atoms with Crippen molar-refractivity contribution in [2.24, 2.45) is 4.99 Å². The van der Waals surface area contributed by atoms with E-state index in [1.165, 1.54) is 0 Å². The van der Waals surface area contributed by atoms with Gasteiger partial charge in [-0.1, -0.05) is 0 Å². The smallest absolute Gasteiger partial charge is 0.410 e. The van der Waals surface area contributed by atoms with E-state index in [1.54, 1.807) is 29.4 Å². The van der Waals surface area contributed by atoms with Crippen molar-refractivity contribution in [3.05, 3.63) is 30.1 Å². The number of nitrogens with one attached hydrogen (secondary N) is 2. The Balaban J connectivity index is 1.40. The van der Waals surface area contributed by atoms with Crippen LogP contribution in [0.3, 0.4) is 0 Å². The van der Waals surface area contributed by atoms with Crippen LogP contribution in [0, 0.1) is 0 Å². The summed E-state index contributed by atoms with van der Waals surface area (Å²) in [5.74, 6) is 0.677. The summed E-state index contributed by atoms with van der Waals surface area (Å²) in [5, 5.41) is 6.14. The second-order valence-corrected chi connectivity index (χ2v) is 7.86. The van der Waals surface area contributed by atoms with E-state index in [0.29, 0.717) is 44.8 Å². The molecule has 0 aliphatic carbocycles. The second kappa shape index (κ2) is 8.45. The molecule has 2 aliphatic heterocycles. The first-order valence-corrected chi connectivity index (χ1v) is 9.54. The average Bonchev–Trinajstić information content (AvgIpc) is 3.06. The van der Waals surface area contributed by atoms with Crippen LogP contribution in [0.5, 0.6) is 0 Å². The maximum atomic E-state index is 12.3. The van der Waals surface area contributed by atoms with Gasteiger partial charge in [0.2, 0.25) is 0 Å². The summed E-state index contributed by atoms with van der Waals surface area (Å²) in [5.41, 5.74) is 0.0481. The maximum Gasteiger partial charge on any atom is 0.410 e. The number of ether oxygens (including phenoxy) is 1. The highest BCUT2D eigenvalue weighted by molar-refractivity contribution is 5.93. The zero-order chi connectivity index (χ0) is 20.1. The molecule has 3 heterocycles. The van der Waals surface area contributed by atoms with Gasteiger partial charge < -0.3 is 25.2 Å². The van der Waals surface area contributed by atoms with E-state index in [0.717, 1.165) is 5.96 Å². The summed E-state index contributed by atoms with van der Waals surface area (Å²) in [6, 6.07) is 3.62. The number of piperazine rings is 1. The molecule has 1 fully saturated rings. The van der Waals surface area contributed by atoms with Gasteiger partial charge in [-0.3, -0.25) is 14.8 Å². The number of pyridine rings is 1. The van der Waals surface area contributed by atoms with Crippen LogP contribution in [-0.4, -0.2) is 83.7 Å². The highest BCUT2D eigenvalue weighted by Gasteiger charge is 2.36. The lowest BCUT2D eigenvalue weighted by Gasteiger charge is -2.39. The largest absolute Gasteiger partial charge is 0.444 e. The van der Waals surface area contributed by atoms with Gasteiger partial charge in [-0.2, -0.15) is 0 Å². The second-order valence-electron chi connectivity index (χ2n) is 7.86. The molecule has 2 aliphatic rings. The standard InChI is InChI=1S/C19H28N6O3/c1-19(2,3)28-18(27)24-9-10-25-15(13-24)12-23-17(25)22-8-7-21-16(26)14-5-4-6-20-11-14/h4-6,11,15H,7-10,12-13H2,1-3H3,(H,21,26)(H,22,23). The Bertz CT molecular complexity index is 731. The number of aliphatic imine (C=N–C) groups is 1. The van der Waals surface area contributed by atoms with E-state index >= 15 is 0 Å². The van der Waals surface area contributed by atoms with Crippen molar-refractivity contribution in [3.63, 3.8) is 0 Å². The predicted octanol–water partition coefficient (Wildman–Crippen LogP) is 0.692. The Labute approximate surface area is 165 Å². The van der Waals surface area contributed by atoms with Gasteiger partial charge in [0.05, 0.1) is 18.2 Å². The third kappa shape index (κ3) is 5.11. The fourth-order valence-electron chi connectivity index (χ4n) is 3.17.